The van der Waals surface area contributed by atoms with Crippen molar-refractivity contribution in [3.8, 4) is 0 Å². The van der Waals surface area contributed by atoms with Crippen molar-refractivity contribution >= 4 is 17.7 Å². The molecule has 2 fully saturated rings. The Bertz CT molecular complexity index is 671. The molecule has 1 aromatic carbocycles. The standard InChI is InChI=1S/C20H28N4O3/c1-2-23-12-13-24(20(27)19(23)26)15-18(25)21-17-8-10-22(11-9-17)14-16-6-4-3-5-7-16/h3-7,17H,2,8-15H2,1H3,(H,21,25). The molecule has 2 saturated heterocycles. The smallest absolute Gasteiger partial charge is 0.312 e. The Kier molecular flexibility index (Phi) is 6.45. The summed E-state index contributed by atoms with van der Waals surface area (Å²) in [6.07, 6.45) is 1.80. The molecule has 0 bridgehead atoms. The Morgan fingerprint density at radius 3 is 2.30 bits per heavy atom. The summed E-state index contributed by atoms with van der Waals surface area (Å²) in [5.74, 6) is -1.26. The molecule has 0 radical (unpaired) electrons. The molecule has 7 nitrogen and oxygen atoms in total. The third-order valence-electron chi connectivity index (χ3n) is 5.32. The first-order valence-electron chi connectivity index (χ1n) is 9.70. The van der Waals surface area contributed by atoms with Gasteiger partial charge in [0.25, 0.3) is 0 Å². The maximum Gasteiger partial charge on any atom is 0.312 e. The number of rotatable bonds is 6. The number of likely N-dealkylation sites (tertiary alicyclic amines) is 1. The lowest BCUT2D eigenvalue weighted by atomic mass is 10.0. The van der Waals surface area contributed by atoms with Gasteiger partial charge in [-0.3, -0.25) is 19.3 Å². The molecule has 146 valence electrons. The molecule has 27 heavy (non-hydrogen) atoms. The zero-order valence-electron chi connectivity index (χ0n) is 15.9. The number of piperidine rings is 1. The van der Waals surface area contributed by atoms with E-state index in [2.05, 4.69) is 34.5 Å². The van der Waals surface area contributed by atoms with Gasteiger partial charge >= 0.3 is 11.8 Å². The zero-order valence-corrected chi connectivity index (χ0v) is 15.9. The first-order valence-corrected chi connectivity index (χ1v) is 9.70. The van der Waals surface area contributed by atoms with Crippen LogP contribution >= 0.6 is 0 Å². The van der Waals surface area contributed by atoms with E-state index in [0.717, 1.165) is 32.5 Å². The second kappa shape index (κ2) is 8.99. The van der Waals surface area contributed by atoms with Crippen molar-refractivity contribution in [3.05, 3.63) is 35.9 Å². The quantitative estimate of drug-likeness (QED) is 0.737. The van der Waals surface area contributed by atoms with Crippen LogP contribution in [0.4, 0.5) is 0 Å². The van der Waals surface area contributed by atoms with Crippen LogP contribution in [0.3, 0.4) is 0 Å². The maximum absolute atomic E-state index is 12.3. The molecule has 0 aromatic heterocycles. The Morgan fingerprint density at radius 2 is 1.63 bits per heavy atom. The van der Waals surface area contributed by atoms with Gasteiger partial charge in [-0.25, -0.2) is 0 Å². The van der Waals surface area contributed by atoms with E-state index in [0.29, 0.717) is 19.6 Å². The van der Waals surface area contributed by atoms with E-state index in [1.54, 1.807) is 0 Å². The average Bonchev–Trinajstić information content (AvgIpc) is 2.68. The number of likely N-dealkylation sites (N-methyl/N-ethyl adjacent to an activating group) is 1. The highest BCUT2D eigenvalue weighted by molar-refractivity contribution is 6.35. The lowest BCUT2D eigenvalue weighted by molar-refractivity contribution is -0.156. The van der Waals surface area contributed by atoms with Gasteiger partial charge in [0, 0.05) is 45.3 Å². The molecule has 1 N–H and O–H groups in total. The van der Waals surface area contributed by atoms with Gasteiger partial charge in [-0.05, 0) is 25.3 Å². The SMILES string of the molecule is CCN1CCN(CC(=O)NC2CCN(Cc3ccccc3)CC2)C(=O)C1=O. The summed E-state index contributed by atoms with van der Waals surface area (Å²) in [5.41, 5.74) is 1.30. The number of nitrogens with one attached hydrogen (secondary N) is 1. The summed E-state index contributed by atoms with van der Waals surface area (Å²) in [6, 6.07) is 10.5. The predicted molar refractivity (Wildman–Crippen MR) is 102 cm³/mol. The lowest BCUT2D eigenvalue weighted by Gasteiger charge is -2.34. The van der Waals surface area contributed by atoms with Crippen molar-refractivity contribution < 1.29 is 14.4 Å². The van der Waals surface area contributed by atoms with E-state index in [1.807, 2.05) is 13.0 Å². The number of hydrogen-bond acceptors (Lipinski definition) is 4. The van der Waals surface area contributed by atoms with Crippen LogP contribution in [0, 0.1) is 0 Å². The Hall–Kier alpha value is -2.41. The van der Waals surface area contributed by atoms with Gasteiger partial charge in [0.2, 0.25) is 5.91 Å². The topological polar surface area (TPSA) is 73.0 Å². The third-order valence-corrected chi connectivity index (χ3v) is 5.32. The molecule has 0 spiro atoms. The van der Waals surface area contributed by atoms with Crippen molar-refractivity contribution in [2.45, 2.75) is 32.4 Å². The lowest BCUT2D eigenvalue weighted by Crippen LogP contribution is -2.57. The Balaban J connectivity index is 1.41. The van der Waals surface area contributed by atoms with Gasteiger partial charge in [-0.1, -0.05) is 30.3 Å². The summed E-state index contributed by atoms with van der Waals surface area (Å²) < 4.78 is 0. The van der Waals surface area contributed by atoms with Gasteiger partial charge in [0.15, 0.2) is 0 Å². The van der Waals surface area contributed by atoms with Crippen LogP contribution in [-0.2, 0) is 20.9 Å². The van der Waals surface area contributed by atoms with Crippen molar-refractivity contribution in [1.29, 1.82) is 0 Å². The highest BCUT2D eigenvalue weighted by Gasteiger charge is 2.33. The minimum atomic E-state index is -0.573. The number of piperazine rings is 1. The van der Waals surface area contributed by atoms with Crippen LogP contribution in [0.25, 0.3) is 0 Å². The molecule has 3 amide bonds. The molecule has 0 atom stereocenters. The summed E-state index contributed by atoms with van der Waals surface area (Å²) in [5, 5.41) is 3.03. The molecule has 0 aliphatic carbocycles. The minimum Gasteiger partial charge on any atom is -0.352 e. The number of hydrogen-bond donors (Lipinski definition) is 1. The fraction of sp³-hybridized carbons (Fsp3) is 0.550. The summed E-state index contributed by atoms with van der Waals surface area (Å²) >= 11 is 0. The largest absolute Gasteiger partial charge is 0.352 e. The average molecular weight is 372 g/mol. The minimum absolute atomic E-state index is 0.0354. The van der Waals surface area contributed by atoms with E-state index < -0.39 is 11.8 Å². The Morgan fingerprint density at radius 1 is 1.00 bits per heavy atom. The summed E-state index contributed by atoms with van der Waals surface area (Å²) in [4.78, 5) is 41.6. The third kappa shape index (κ3) is 5.07. The first-order chi connectivity index (χ1) is 13.1. The second-order valence-electron chi connectivity index (χ2n) is 7.22. The maximum atomic E-state index is 12.3. The fourth-order valence-electron chi connectivity index (χ4n) is 3.69. The molecule has 0 unspecified atom stereocenters. The van der Waals surface area contributed by atoms with Crippen molar-refractivity contribution in [1.82, 2.24) is 20.0 Å². The molecule has 1 aromatic rings. The molecule has 2 aliphatic heterocycles. The van der Waals surface area contributed by atoms with Crippen LogP contribution in [-0.4, -0.2) is 77.7 Å². The van der Waals surface area contributed by atoms with E-state index in [9.17, 15) is 14.4 Å². The van der Waals surface area contributed by atoms with Gasteiger partial charge in [-0.15, -0.1) is 0 Å². The molecular weight excluding hydrogens is 344 g/mol. The van der Waals surface area contributed by atoms with E-state index >= 15 is 0 Å². The van der Waals surface area contributed by atoms with Crippen LogP contribution < -0.4 is 5.32 Å². The number of amides is 3. The second-order valence-corrected chi connectivity index (χ2v) is 7.22. The van der Waals surface area contributed by atoms with E-state index in [1.165, 1.54) is 15.4 Å². The number of carbonyl (C=O) groups is 3. The zero-order chi connectivity index (χ0) is 19.2. The normalized spacial score (nSPS) is 19.4. The highest BCUT2D eigenvalue weighted by atomic mass is 16.2. The molecular formula is C20H28N4O3. The highest BCUT2D eigenvalue weighted by Crippen LogP contribution is 2.14. The predicted octanol–water partition coefficient (Wildman–Crippen LogP) is 0.458. The van der Waals surface area contributed by atoms with Crippen molar-refractivity contribution in [2.24, 2.45) is 0 Å². The fourth-order valence-corrected chi connectivity index (χ4v) is 3.69. The molecule has 7 heteroatoms. The molecule has 0 saturated carbocycles. The Labute approximate surface area is 160 Å². The molecule has 2 aliphatic rings. The van der Waals surface area contributed by atoms with Crippen LogP contribution in [0.2, 0.25) is 0 Å². The summed E-state index contributed by atoms with van der Waals surface area (Å²) in [6.45, 7) is 6.04. The van der Waals surface area contributed by atoms with Crippen LogP contribution in [0.1, 0.15) is 25.3 Å². The molecule has 3 rings (SSSR count). The number of nitrogens with zero attached hydrogens (tertiary/aromatic N) is 3. The monoisotopic (exact) mass is 372 g/mol. The van der Waals surface area contributed by atoms with Crippen molar-refractivity contribution in [3.63, 3.8) is 0 Å². The van der Waals surface area contributed by atoms with Gasteiger partial charge in [0.05, 0.1) is 0 Å². The summed E-state index contributed by atoms with van der Waals surface area (Å²) in [7, 11) is 0. The van der Waals surface area contributed by atoms with E-state index in [-0.39, 0.29) is 18.5 Å². The van der Waals surface area contributed by atoms with Crippen molar-refractivity contribution in [2.75, 3.05) is 39.3 Å². The van der Waals surface area contributed by atoms with Gasteiger partial charge < -0.3 is 15.1 Å². The number of carbonyl (C=O) groups excluding carboxylic acids is 3. The molecule has 2 heterocycles. The van der Waals surface area contributed by atoms with E-state index in [4.69, 9.17) is 0 Å². The number of benzene rings is 1. The van der Waals surface area contributed by atoms with Gasteiger partial charge in [-0.2, -0.15) is 0 Å². The van der Waals surface area contributed by atoms with Crippen LogP contribution in [0.5, 0.6) is 0 Å². The van der Waals surface area contributed by atoms with Crippen LogP contribution in [0.15, 0.2) is 30.3 Å². The van der Waals surface area contributed by atoms with Gasteiger partial charge in [0.1, 0.15) is 6.54 Å². The first kappa shape index (κ1) is 19.4.